The van der Waals surface area contributed by atoms with Crippen molar-refractivity contribution in [3.8, 4) is 5.75 Å². The van der Waals surface area contributed by atoms with Crippen LogP contribution in [0.2, 0.25) is 0 Å². The average molecular weight is 349 g/mol. The minimum absolute atomic E-state index is 0.0468. The van der Waals surface area contributed by atoms with Crippen LogP contribution in [-0.4, -0.2) is 33.1 Å². The number of carbonyl (C=O) groups is 1. The van der Waals surface area contributed by atoms with Crippen molar-refractivity contribution in [3.63, 3.8) is 0 Å². The second-order valence-electron chi connectivity index (χ2n) is 5.06. The van der Waals surface area contributed by atoms with Crippen molar-refractivity contribution in [2.75, 3.05) is 18.0 Å². The summed E-state index contributed by atoms with van der Waals surface area (Å²) in [5, 5.41) is 8.93. The van der Waals surface area contributed by atoms with Gasteiger partial charge in [-0.15, -0.1) is 0 Å². The molecule has 0 spiro atoms. The van der Waals surface area contributed by atoms with Crippen molar-refractivity contribution in [1.82, 2.24) is 0 Å². The van der Waals surface area contributed by atoms with Gasteiger partial charge < -0.3 is 9.84 Å². The van der Waals surface area contributed by atoms with Crippen LogP contribution in [0.5, 0.6) is 5.75 Å². The highest BCUT2D eigenvalue weighted by Crippen LogP contribution is 2.30. The Morgan fingerprint density at radius 1 is 1.17 bits per heavy atom. The Labute approximate surface area is 141 Å². The molecule has 0 atom stereocenters. The zero-order valence-electron chi connectivity index (χ0n) is 13.5. The van der Waals surface area contributed by atoms with Gasteiger partial charge in [0.2, 0.25) is 0 Å². The van der Waals surface area contributed by atoms with Gasteiger partial charge in [0.1, 0.15) is 10.6 Å². The number of aliphatic carboxylic acids is 1. The molecule has 0 aromatic heterocycles. The number of sulfonamides is 1. The van der Waals surface area contributed by atoms with E-state index in [1.807, 2.05) is 0 Å². The monoisotopic (exact) mass is 349 g/mol. The van der Waals surface area contributed by atoms with Crippen LogP contribution in [0.3, 0.4) is 0 Å². The van der Waals surface area contributed by atoms with E-state index >= 15 is 0 Å². The molecule has 6 nitrogen and oxygen atoms in total. The van der Waals surface area contributed by atoms with Crippen LogP contribution < -0.4 is 9.04 Å². The summed E-state index contributed by atoms with van der Waals surface area (Å²) in [4.78, 5) is 10.9. The smallest absolute Gasteiger partial charge is 0.307 e. The Morgan fingerprint density at radius 2 is 1.83 bits per heavy atom. The molecule has 0 bridgehead atoms. The highest BCUT2D eigenvalue weighted by molar-refractivity contribution is 7.93. The van der Waals surface area contributed by atoms with Crippen molar-refractivity contribution in [1.29, 1.82) is 0 Å². The van der Waals surface area contributed by atoms with Gasteiger partial charge in [0.25, 0.3) is 10.0 Å². The average Bonchev–Trinajstić information content (AvgIpc) is 2.55. The van der Waals surface area contributed by atoms with Gasteiger partial charge in [0, 0.05) is 6.54 Å². The van der Waals surface area contributed by atoms with Gasteiger partial charge in [0.15, 0.2) is 0 Å². The third kappa shape index (κ3) is 3.68. The van der Waals surface area contributed by atoms with Crippen LogP contribution in [-0.2, 0) is 21.2 Å². The minimum Gasteiger partial charge on any atom is -0.495 e. The number of para-hydroxylation sites is 1. The molecule has 0 heterocycles. The fourth-order valence-electron chi connectivity index (χ4n) is 2.41. The summed E-state index contributed by atoms with van der Waals surface area (Å²) in [7, 11) is -2.51. The molecular formula is C17H19NO5S. The van der Waals surface area contributed by atoms with E-state index in [2.05, 4.69) is 0 Å². The summed E-state index contributed by atoms with van der Waals surface area (Å²) in [6.07, 6.45) is -0.260. The first kappa shape index (κ1) is 17.8. The Kier molecular flexibility index (Phi) is 5.46. The van der Waals surface area contributed by atoms with Crippen LogP contribution in [0.4, 0.5) is 5.69 Å². The zero-order valence-corrected chi connectivity index (χ0v) is 14.3. The Balaban J connectivity index is 2.56. The SMILES string of the molecule is CCN(c1ccccc1)S(=O)(=O)c1cc(CC(=O)O)ccc1OC. The number of anilines is 1. The van der Waals surface area contributed by atoms with Gasteiger partial charge >= 0.3 is 5.97 Å². The van der Waals surface area contributed by atoms with E-state index in [1.54, 1.807) is 43.3 Å². The first-order valence-corrected chi connectivity index (χ1v) is 8.80. The molecule has 0 saturated heterocycles. The number of carboxylic acid groups (broad SMARTS) is 1. The fourth-order valence-corrected chi connectivity index (χ4v) is 4.09. The summed E-state index contributed by atoms with van der Waals surface area (Å²) < 4.78 is 32.6. The molecule has 0 saturated carbocycles. The number of ether oxygens (including phenoxy) is 1. The number of benzene rings is 2. The third-order valence-corrected chi connectivity index (χ3v) is 5.41. The molecular weight excluding hydrogens is 330 g/mol. The highest BCUT2D eigenvalue weighted by Gasteiger charge is 2.27. The molecule has 0 unspecified atom stereocenters. The van der Waals surface area contributed by atoms with Gasteiger partial charge in [-0.2, -0.15) is 0 Å². The topological polar surface area (TPSA) is 83.9 Å². The molecule has 128 valence electrons. The van der Waals surface area contributed by atoms with Gasteiger partial charge in [-0.05, 0) is 36.8 Å². The summed E-state index contributed by atoms with van der Waals surface area (Å²) in [6, 6.07) is 13.1. The zero-order chi connectivity index (χ0) is 17.7. The molecule has 1 N–H and O–H groups in total. The number of hydrogen-bond acceptors (Lipinski definition) is 4. The van der Waals surface area contributed by atoms with Crippen molar-refractivity contribution in [3.05, 3.63) is 54.1 Å². The standard InChI is InChI=1S/C17H19NO5S/c1-3-18(14-7-5-4-6-8-14)24(21,22)16-11-13(12-17(19)20)9-10-15(16)23-2/h4-11H,3,12H2,1-2H3,(H,19,20). The van der Waals surface area contributed by atoms with Crippen molar-refractivity contribution < 1.29 is 23.1 Å². The largest absolute Gasteiger partial charge is 0.495 e. The summed E-state index contributed by atoms with van der Waals surface area (Å²) in [5.41, 5.74) is 0.927. The molecule has 2 aromatic rings. The number of carboxylic acids is 1. The maximum absolute atomic E-state index is 13.1. The van der Waals surface area contributed by atoms with Crippen LogP contribution in [0.15, 0.2) is 53.4 Å². The van der Waals surface area contributed by atoms with E-state index in [9.17, 15) is 13.2 Å². The number of rotatable bonds is 7. The van der Waals surface area contributed by atoms with Crippen molar-refractivity contribution in [2.45, 2.75) is 18.2 Å². The first-order chi connectivity index (χ1) is 11.4. The molecule has 2 rings (SSSR count). The van der Waals surface area contributed by atoms with Gasteiger partial charge in [-0.25, -0.2) is 8.42 Å². The highest BCUT2D eigenvalue weighted by atomic mass is 32.2. The Hall–Kier alpha value is -2.54. The molecule has 0 radical (unpaired) electrons. The predicted octanol–water partition coefficient (Wildman–Crippen LogP) is 2.54. The summed E-state index contributed by atoms with van der Waals surface area (Å²) in [6.45, 7) is 1.97. The summed E-state index contributed by atoms with van der Waals surface area (Å²) >= 11 is 0. The number of methoxy groups -OCH3 is 1. The van der Waals surface area contributed by atoms with Gasteiger partial charge in [-0.1, -0.05) is 24.3 Å². The molecule has 7 heteroatoms. The lowest BCUT2D eigenvalue weighted by molar-refractivity contribution is -0.136. The second-order valence-corrected chi connectivity index (χ2v) is 6.89. The van der Waals surface area contributed by atoms with E-state index in [4.69, 9.17) is 9.84 Å². The minimum atomic E-state index is -3.89. The van der Waals surface area contributed by atoms with Crippen LogP contribution in [0.1, 0.15) is 12.5 Å². The first-order valence-electron chi connectivity index (χ1n) is 7.36. The second kappa shape index (κ2) is 7.35. The Morgan fingerprint density at radius 3 is 2.38 bits per heavy atom. The molecule has 2 aromatic carbocycles. The number of nitrogens with zero attached hydrogens (tertiary/aromatic N) is 1. The van der Waals surface area contributed by atoms with Crippen LogP contribution in [0.25, 0.3) is 0 Å². The lowest BCUT2D eigenvalue weighted by Gasteiger charge is -2.24. The lowest BCUT2D eigenvalue weighted by atomic mass is 10.1. The van der Waals surface area contributed by atoms with Gasteiger partial charge in [0.05, 0.1) is 19.2 Å². The molecule has 0 aliphatic heterocycles. The molecule has 24 heavy (non-hydrogen) atoms. The molecule has 0 aliphatic rings. The van der Waals surface area contributed by atoms with Crippen molar-refractivity contribution in [2.24, 2.45) is 0 Å². The van der Waals surface area contributed by atoms with E-state index in [1.165, 1.54) is 23.5 Å². The van der Waals surface area contributed by atoms with E-state index < -0.39 is 16.0 Å². The predicted molar refractivity (Wildman–Crippen MR) is 91.0 cm³/mol. The molecule has 0 aliphatic carbocycles. The third-order valence-electron chi connectivity index (χ3n) is 3.48. The Bertz CT molecular complexity index is 818. The lowest BCUT2D eigenvalue weighted by Crippen LogP contribution is -2.31. The van der Waals surface area contributed by atoms with E-state index in [-0.39, 0.29) is 23.6 Å². The fraction of sp³-hybridized carbons (Fsp3) is 0.235. The van der Waals surface area contributed by atoms with E-state index in [0.29, 0.717) is 11.3 Å². The maximum Gasteiger partial charge on any atom is 0.307 e. The maximum atomic E-state index is 13.1. The van der Waals surface area contributed by atoms with Crippen LogP contribution >= 0.6 is 0 Å². The normalized spacial score (nSPS) is 11.1. The quantitative estimate of drug-likeness (QED) is 0.830. The summed E-state index contributed by atoms with van der Waals surface area (Å²) in [5.74, 6) is -0.850. The molecule has 0 amide bonds. The van der Waals surface area contributed by atoms with Crippen LogP contribution in [0, 0.1) is 0 Å². The molecule has 0 fully saturated rings. The van der Waals surface area contributed by atoms with Crippen molar-refractivity contribution >= 4 is 21.7 Å². The van der Waals surface area contributed by atoms with Gasteiger partial charge in [-0.3, -0.25) is 9.10 Å². The van der Waals surface area contributed by atoms with E-state index in [0.717, 1.165) is 0 Å². The number of hydrogen-bond donors (Lipinski definition) is 1.